The molecule has 12 heavy (non-hydrogen) atoms. The number of hydrogen-bond acceptors (Lipinski definition) is 4. The molecule has 1 rings (SSSR count). The Morgan fingerprint density at radius 1 is 1.50 bits per heavy atom. The summed E-state index contributed by atoms with van der Waals surface area (Å²) in [6.45, 7) is 2.17. The molecule has 0 aromatic rings. The lowest BCUT2D eigenvalue weighted by molar-refractivity contribution is -0.196. The van der Waals surface area contributed by atoms with Crippen molar-refractivity contribution >= 4 is 0 Å². The molecular weight excluding hydrogens is 160 g/mol. The Kier molecular flexibility index (Phi) is 3.46. The number of aliphatic hydroxyl groups is 2. The normalized spacial score (nSPS) is 43.0. The Balaban J connectivity index is 2.56. The van der Waals surface area contributed by atoms with Gasteiger partial charge in [0.1, 0.15) is 18.3 Å². The molecule has 4 nitrogen and oxygen atoms in total. The fourth-order valence-corrected chi connectivity index (χ4v) is 1.51. The van der Waals surface area contributed by atoms with E-state index in [1.54, 1.807) is 0 Å². The highest BCUT2D eigenvalue weighted by Gasteiger charge is 2.37. The van der Waals surface area contributed by atoms with E-state index < -0.39 is 18.3 Å². The summed E-state index contributed by atoms with van der Waals surface area (Å²) >= 11 is 0. The van der Waals surface area contributed by atoms with Crippen molar-refractivity contribution < 1.29 is 19.7 Å². The molecule has 1 fully saturated rings. The summed E-state index contributed by atoms with van der Waals surface area (Å²) in [5.41, 5.74) is 0. The second-order valence-corrected chi connectivity index (χ2v) is 3.04. The minimum atomic E-state index is -0.719. The van der Waals surface area contributed by atoms with Gasteiger partial charge in [-0.15, -0.1) is 0 Å². The fraction of sp³-hybridized carbons (Fsp3) is 1.00. The molecule has 0 saturated carbocycles. The molecule has 1 aliphatic heterocycles. The predicted octanol–water partition coefficient (Wildman–Crippen LogP) is -0.468. The standard InChI is InChI=1S/C8H16O4/c1-3-6-7(10)8(11-2)5(9)4-12-6/h5-10H,3-4H2,1-2H3/t5-,6-,7+,8+/m1/s1. The summed E-state index contributed by atoms with van der Waals surface area (Å²) in [5, 5.41) is 18.9. The van der Waals surface area contributed by atoms with Crippen LogP contribution in [0.2, 0.25) is 0 Å². The van der Waals surface area contributed by atoms with Gasteiger partial charge in [0.15, 0.2) is 0 Å². The monoisotopic (exact) mass is 176 g/mol. The topological polar surface area (TPSA) is 58.9 Å². The van der Waals surface area contributed by atoms with E-state index in [9.17, 15) is 10.2 Å². The third-order valence-corrected chi connectivity index (χ3v) is 2.25. The van der Waals surface area contributed by atoms with E-state index in [0.29, 0.717) is 0 Å². The van der Waals surface area contributed by atoms with Gasteiger partial charge in [-0.25, -0.2) is 0 Å². The second kappa shape index (κ2) is 4.18. The lowest BCUT2D eigenvalue weighted by Crippen LogP contribution is -2.53. The molecule has 0 aromatic carbocycles. The van der Waals surface area contributed by atoms with Crippen LogP contribution in [0.5, 0.6) is 0 Å². The molecule has 1 heterocycles. The average Bonchev–Trinajstić information content (AvgIpc) is 2.06. The molecule has 1 aliphatic rings. The van der Waals surface area contributed by atoms with Crippen LogP contribution in [-0.2, 0) is 9.47 Å². The molecule has 4 heteroatoms. The first-order valence-electron chi connectivity index (χ1n) is 4.21. The van der Waals surface area contributed by atoms with E-state index in [4.69, 9.17) is 9.47 Å². The zero-order valence-electron chi connectivity index (χ0n) is 7.43. The van der Waals surface area contributed by atoms with E-state index >= 15 is 0 Å². The highest BCUT2D eigenvalue weighted by molar-refractivity contribution is 4.86. The summed E-state index contributed by atoms with van der Waals surface area (Å²) in [6, 6.07) is 0. The van der Waals surface area contributed by atoms with Gasteiger partial charge >= 0.3 is 0 Å². The molecule has 0 bridgehead atoms. The van der Waals surface area contributed by atoms with Crippen LogP contribution in [0.25, 0.3) is 0 Å². The quantitative estimate of drug-likeness (QED) is 0.597. The van der Waals surface area contributed by atoms with E-state index in [0.717, 1.165) is 6.42 Å². The summed E-state index contributed by atoms with van der Waals surface area (Å²) in [5.74, 6) is 0. The zero-order chi connectivity index (χ0) is 9.14. The minimum absolute atomic E-state index is 0.210. The largest absolute Gasteiger partial charge is 0.388 e. The van der Waals surface area contributed by atoms with Crippen LogP contribution >= 0.6 is 0 Å². The van der Waals surface area contributed by atoms with Crippen LogP contribution in [0.1, 0.15) is 13.3 Å². The molecule has 0 amide bonds. The fourth-order valence-electron chi connectivity index (χ4n) is 1.51. The van der Waals surface area contributed by atoms with Crippen LogP contribution in [0, 0.1) is 0 Å². The highest BCUT2D eigenvalue weighted by atomic mass is 16.5. The van der Waals surface area contributed by atoms with E-state index in [2.05, 4.69) is 0 Å². The Morgan fingerprint density at radius 2 is 2.17 bits per heavy atom. The first kappa shape index (κ1) is 9.92. The molecular formula is C8H16O4. The van der Waals surface area contributed by atoms with Crippen molar-refractivity contribution in [3.05, 3.63) is 0 Å². The predicted molar refractivity (Wildman–Crippen MR) is 42.8 cm³/mol. The van der Waals surface area contributed by atoms with Crippen molar-refractivity contribution in [2.45, 2.75) is 37.8 Å². The molecule has 0 spiro atoms. The van der Waals surface area contributed by atoms with Crippen molar-refractivity contribution in [1.82, 2.24) is 0 Å². The number of hydrogen-bond donors (Lipinski definition) is 2. The van der Waals surface area contributed by atoms with Gasteiger partial charge in [0.2, 0.25) is 0 Å². The summed E-state index contributed by atoms with van der Waals surface area (Å²) < 4.78 is 10.2. The second-order valence-electron chi connectivity index (χ2n) is 3.04. The van der Waals surface area contributed by atoms with Gasteiger partial charge in [-0.05, 0) is 6.42 Å². The molecule has 1 saturated heterocycles. The third kappa shape index (κ3) is 1.77. The molecule has 0 radical (unpaired) electrons. The Labute approximate surface area is 72.1 Å². The summed E-state index contributed by atoms with van der Waals surface area (Å²) in [7, 11) is 1.48. The molecule has 0 unspecified atom stereocenters. The number of rotatable bonds is 2. The van der Waals surface area contributed by atoms with Crippen molar-refractivity contribution in [2.24, 2.45) is 0 Å². The zero-order valence-corrected chi connectivity index (χ0v) is 7.43. The molecule has 0 aromatic heterocycles. The summed E-state index contributed by atoms with van der Waals surface area (Å²) in [4.78, 5) is 0. The first-order valence-corrected chi connectivity index (χ1v) is 4.21. The lowest BCUT2D eigenvalue weighted by Gasteiger charge is -2.36. The van der Waals surface area contributed by atoms with Gasteiger partial charge in [0.05, 0.1) is 12.7 Å². The molecule has 0 aliphatic carbocycles. The van der Waals surface area contributed by atoms with Gasteiger partial charge in [-0.3, -0.25) is 0 Å². The number of aliphatic hydroxyl groups excluding tert-OH is 2. The van der Waals surface area contributed by atoms with Crippen LogP contribution in [0.3, 0.4) is 0 Å². The van der Waals surface area contributed by atoms with Gasteiger partial charge in [-0.2, -0.15) is 0 Å². The smallest absolute Gasteiger partial charge is 0.114 e. The maximum atomic E-state index is 9.59. The lowest BCUT2D eigenvalue weighted by atomic mass is 9.98. The number of ether oxygens (including phenoxy) is 2. The van der Waals surface area contributed by atoms with Gasteiger partial charge in [0, 0.05) is 7.11 Å². The SMILES string of the molecule is CC[C@H]1OC[C@@H](O)[C@H](OC)[C@H]1O. The highest BCUT2D eigenvalue weighted by Crippen LogP contribution is 2.19. The van der Waals surface area contributed by atoms with Crippen LogP contribution in [0.15, 0.2) is 0 Å². The van der Waals surface area contributed by atoms with Gasteiger partial charge in [-0.1, -0.05) is 6.92 Å². The maximum Gasteiger partial charge on any atom is 0.114 e. The average molecular weight is 176 g/mol. The van der Waals surface area contributed by atoms with Crippen molar-refractivity contribution in [2.75, 3.05) is 13.7 Å². The van der Waals surface area contributed by atoms with Crippen molar-refractivity contribution in [3.63, 3.8) is 0 Å². The van der Waals surface area contributed by atoms with Crippen LogP contribution in [-0.4, -0.2) is 48.3 Å². The van der Waals surface area contributed by atoms with E-state index in [1.165, 1.54) is 7.11 Å². The number of methoxy groups -OCH3 is 1. The minimum Gasteiger partial charge on any atom is -0.388 e. The van der Waals surface area contributed by atoms with E-state index in [1.807, 2.05) is 6.92 Å². The van der Waals surface area contributed by atoms with E-state index in [-0.39, 0.29) is 12.7 Å². The van der Waals surface area contributed by atoms with Gasteiger partial charge < -0.3 is 19.7 Å². The van der Waals surface area contributed by atoms with Gasteiger partial charge in [0.25, 0.3) is 0 Å². The van der Waals surface area contributed by atoms with Crippen molar-refractivity contribution in [1.29, 1.82) is 0 Å². The van der Waals surface area contributed by atoms with Crippen molar-refractivity contribution in [3.8, 4) is 0 Å². The maximum absolute atomic E-state index is 9.59. The summed E-state index contributed by atoms with van der Waals surface area (Å²) in [6.07, 6.45) is -1.42. The Bertz CT molecular complexity index is 139. The molecule has 72 valence electrons. The van der Waals surface area contributed by atoms with Crippen LogP contribution in [0.4, 0.5) is 0 Å². The Hall–Kier alpha value is -0.160. The van der Waals surface area contributed by atoms with Crippen LogP contribution < -0.4 is 0 Å². The molecule has 4 atom stereocenters. The Morgan fingerprint density at radius 3 is 2.67 bits per heavy atom. The first-order chi connectivity index (χ1) is 5.70. The molecule has 2 N–H and O–H groups in total. The third-order valence-electron chi connectivity index (χ3n) is 2.25.